The van der Waals surface area contributed by atoms with Gasteiger partial charge in [0, 0.05) is 5.39 Å². The van der Waals surface area contributed by atoms with Crippen LogP contribution in [0.4, 0.5) is 5.69 Å². The van der Waals surface area contributed by atoms with E-state index in [9.17, 15) is 4.79 Å². The van der Waals surface area contributed by atoms with Crippen molar-refractivity contribution in [2.24, 2.45) is 0 Å². The summed E-state index contributed by atoms with van der Waals surface area (Å²) in [7, 11) is 0. The number of aryl methyl sites for hydroxylation is 2. The number of benzene rings is 2. The third kappa shape index (κ3) is 3.78. The van der Waals surface area contributed by atoms with Crippen LogP contribution in [-0.4, -0.2) is 32.9 Å². The predicted octanol–water partition coefficient (Wildman–Crippen LogP) is 4.63. The van der Waals surface area contributed by atoms with E-state index in [-0.39, 0.29) is 11.7 Å². The molecule has 0 aliphatic heterocycles. The number of rotatable bonds is 6. The standard InChI is InChI=1S/C22H22N4O2S/c1-4-28-18-11-6-5-10-17(18)23-20(27)13-29-22-25-24-19-12-15(3)16-9-7-8-14(2)21(16)26(19)22/h5-12H,4,13H2,1-3H3,(H,23,27). The molecule has 0 saturated heterocycles. The van der Waals surface area contributed by atoms with Crippen LogP contribution in [0.3, 0.4) is 0 Å². The molecule has 0 unspecified atom stereocenters. The van der Waals surface area contributed by atoms with Crippen molar-refractivity contribution in [3.8, 4) is 5.75 Å². The number of nitrogens with zero attached hydrogens (tertiary/aromatic N) is 3. The second-order valence-electron chi connectivity index (χ2n) is 6.74. The van der Waals surface area contributed by atoms with Crippen LogP contribution in [0.15, 0.2) is 53.7 Å². The zero-order valence-electron chi connectivity index (χ0n) is 16.6. The lowest BCUT2D eigenvalue weighted by molar-refractivity contribution is -0.113. The van der Waals surface area contributed by atoms with Gasteiger partial charge in [-0.15, -0.1) is 10.2 Å². The van der Waals surface area contributed by atoms with E-state index >= 15 is 0 Å². The van der Waals surface area contributed by atoms with Crippen molar-refractivity contribution in [1.29, 1.82) is 0 Å². The normalized spacial score (nSPS) is 11.1. The molecule has 0 saturated carbocycles. The van der Waals surface area contributed by atoms with Gasteiger partial charge < -0.3 is 10.1 Å². The van der Waals surface area contributed by atoms with E-state index in [1.165, 1.54) is 11.8 Å². The van der Waals surface area contributed by atoms with Gasteiger partial charge in [0.1, 0.15) is 5.75 Å². The molecule has 1 amide bonds. The highest BCUT2D eigenvalue weighted by atomic mass is 32.2. The van der Waals surface area contributed by atoms with Crippen LogP contribution in [0, 0.1) is 13.8 Å². The minimum absolute atomic E-state index is 0.118. The van der Waals surface area contributed by atoms with E-state index in [1.807, 2.05) is 41.7 Å². The third-order valence-corrected chi connectivity index (χ3v) is 5.61. The van der Waals surface area contributed by atoms with Crippen molar-refractivity contribution in [3.63, 3.8) is 0 Å². The van der Waals surface area contributed by atoms with Crippen molar-refractivity contribution in [2.45, 2.75) is 25.9 Å². The van der Waals surface area contributed by atoms with Gasteiger partial charge in [0.05, 0.1) is 23.6 Å². The van der Waals surface area contributed by atoms with Gasteiger partial charge >= 0.3 is 0 Å². The molecular formula is C22H22N4O2S. The fourth-order valence-electron chi connectivity index (χ4n) is 3.39. The summed E-state index contributed by atoms with van der Waals surface area (Å²) in [5.74, 6) is 0.771. The average Bonchev–Trinajstić information content (AvgIpc) is 3.11. The number of para-hydroxylation sites is 3. The Morgan fingerprint density at radius 2 is 1.93 bits per heavy atom. The number of fused-ring (bicyclic) bond motifs is 3. The monoisotopic (exact) mass is 406 g/mol. The Morgan fingerprint density at radius 1 is 1.10 bits per heavy atom. The van der Waals surface area contributed by atoms with Gasteiger partial charge in [-0.25, -0.2) is 0 Å². The second-order valence-corrected chi connectivity index (χ2v) is 7.68. The summed E-state index contributed by atoms with van der Waals surface area (Å²) in [4.78, 5) is 12.5. The number of thioether (sulfide) groups is 1. The SMILES string of the molecule is CCOc1ccccc1NC(=O)CSc1nnc2cc(C)c3cccc(C)c3n12. The molecule has 4 rings (SSSR count). The topological polar surface area (TPSA) is 68.5 Å². The van der Waals surface area contributed by atoms with Crippen LogP contribution < -0.4 is 10.1 Å². The summed E-state index contributed by atoms with van der Waals surface area (Å²) in [5, 5.41) is 13.4. The van der Waals surface area contributed by atoms with Gasteiger partial charge in [0.2, 0.25) is 5.91 Å². The van der Waals surface area contributed by atoms with Crippen LogP contribution in [-0.2, 0) is 4.79 Å². The van der Waals surface area contributed by atoms with E-state index in [1.54, 1.807) is 0 Å². The molecule has 2 aromatic carbocycles. The highest BCUT2D eigenvalue weighted by Gasteiger charge is 2.15. The molecule has 0 bridgehead atoms. The van der Waals surface area contributed by atoms with Crippen molar-refractivity contribution in [2.75, 3.05) is 17.7 Å². The molecule has 2 aromatic heterocycles. The number of amides is 1. The quantitative estimate of drug-likeness (QED) is 0.473. The maximum Gasteiger partial charge on any atom is 0.234 e. The van der Waals surface area contributed by atoms with Crippen LogP contribution in [0.1, 0.15) is 18.1 Å². The zero-order chi connectivity index (χ0) is 20.4. The molecule has 0 atom stereocenters. The fraction of sp³-hybridized carbons (Fsp3) is 0.227. The number of nitrogens with one attached hydrogen (secondary N) is 1. The Balaban J connectivity index is 1.59. The largest absolute Gasteiger partial charge is 0.492 e. The van der Waals surface area contributed by atoms with E-state index in [0.29, 0.717) is 23.2 Å². The van der Waals surface area contributed by atoms with Gasteiger partial charge in [-0.2, -0.15) is 0 Å². The minimum atomic E-state index is -0.118. The predicted molar refractivity (Wildman–Crippen MR) is 117 cm³/mol. The second kappa shape index (κ2) is 8.13. The number of pyridine rings is 1. The summed E-state index contributed by atoms with van der Waals surface area (Å²) in [5.41, 5.74) is 4.84. The van der Waals surface area contributed by atoms with E-state index in [4.69, 9.17) is 4.74 Å². The summed E-state index contributed by atoms with van der Waals surface area (Å²) in [6.45, 7) is 6.61. The number of carbonyl (C=O) groups is 1. The van der Waals surface area contributed by atoms with Gasteiger partial charge in [-0.05, 0) is 50.1 Å². The van der Waals surface area contributed by atoms with Crippen molar-refractivity contribution >= 4 is 39.9 Å². The smallest absolute Gasteiger partial charge is 0.234 e. The molecule has 4 aromatic rings. The molecule has 29 heavy (non-hydrogen) atoms. The lowest BCUT2D eigenvalue weighted by atomic mass is 10.1. The van der Waals surface area contributed by atoms with Crippen LogP contribution in [0.2, 0.25) is 0 Å². The Bertz CT molecular complexity index is 1200. The van der Waals surface area contributed by atoms with Crippen molar-refractivity contribution in [3.05, 3.63) is 59.7 Å². The first kappa shape index (κ1) is 19.3. The lowest BCUT2D eigenvalue weighted by Crippen LogP contribution is -2.15. The van der Waals surface area contributed by atoms with Crippen LogP contribution in [0.25, 0.3) is 16.6 Å². The first-order valence-corrected chi connectivity index (χ1v) is 10.5. The highest BCUT2D eigenvalue weighted by molar-refractivity contribution is 7.99. The molecule has 0 spiro atoms. The molecular weight excluding hydrogens is 384 g/mol. The summed E-state index contributed by atoms with van der Waals surface area (Å²) in [6.07, 6.45) is 0. The number of ether oxygens (including phenoxy) is 1. The number of hydrogen-bond donors (Lipinski definition) is 1. The summed E-state index contributed by atoms with van der Waals surface area (Å²) in [6, 6.07) is 15.7. The lowest BCUT2D eigenvalue weighted by Gasteiger charge is -2.11. The maximum absolute atomic E-state index is 12.5. The van der Waals surface area contributed by atoms with Gasteiger partial charge in [-0.3, -0.25) is 9.20 Å². The van der Waals surface area contributed by atoms with Crippen molar-refractivity contribution < 1.29 is 9.53 Å². The molecule has 148 valence electrons. The summed E-state index contributed by atoms with van der Waals surface area (Å²) >= 11 is 1.37. The highest BCUT2D eigenvalue weighted by Crippen LogP contribution is 2.28. The van der Waals surface area contributed by atoms with Gasteiger partial charge in [0.15, 0.2) is 10.8 Å². The Kier molecular flexibility index (Phi) is 5.40. The number of carbonyl (C=O) groups excluding carboxylic acids is 1. The van der Waals surface area contributed by atoms with Crippen molar-refractivity contribution in [1.82, 2.24) is 14.6 Å². The molecule has 0 aliphatic rings. The van der Waals surface area contributed by atoms with Crippen LogP contribution >= 0.6 is 11.8 Å². The Hall–Kier alpha value is -3.06. The first-order valence-electron chi connectivity index (χ1n) is 9.47. The van der Waals surface area contributed by atoms with Crippen LogP contribution in [0.5, 0.6) is 5.75 Å². The molecule has 7 heteroatoms. The zero-order valence-corrected chi connectivity index (χ0v) is 17.4. The first-order chi connectivity index (χ1) is 14.1. The molecule has 0 aliphatic carbocycles. The minimum Gasteiger partial charge on any atom is -0.492 e. The fourth-order valence-corrected chi connectivity index (χ4v) is 4.14. The van der Waals surface area contributed by atoms with Gasteiger partial charge in [-0.1, -0.05) is 42.1 Å². The Labute approximate surface area is 173 Å². The Morgan fingerprint density at radius 3 is 2.76 bits per heavy atom. The van der Waals surface area contributed by atoms with Gasteiger partial charge in [0.25, 0.3) is 0 Å². The number of aromatic nitrogens is 3. The molecule has 1 N–H and O–H groups in total. The molecule has 6 nitrogen and oxygen atoms in total. The molecule has 2 heterocycles. The summed E-state index contributed by atoms with van der Waals surface area (Å²) < 4.78 is 7.60. The van der Waals surface area contributed by atoms with E-state index < -0.39 is 0 Å². The molecule has 0 fully saturated rings. The van der Waals surface area contributed by atoms with E-state index in [0.717, 1.165) is 27.7 Å². The maximum atomic E-state index is 12.5. The molecule has 0 radical (unpaired) electrons. The average molecular weight is 407 g/mol. The van der Waals surface area contributed by atoms with E-state index in [2.05, 4.69) is 47.6 Å². The number of anilines is 1. The third-order valence-electron chi connectivity index (χ3n) is 4.68. The number of hydrogen-bond acceptors (Lipinski definition) is 5.